The van der Waals surface area contributed by atoms with Crippen LogP contribution in [0.4, 0.5) is 13.2 Å². The molecule has 0 saturated carbocycles. The molecule has 166 valence electrons. The number of halogens is 3. The summed E-state index contributed by atoms with van der Waals surface area (Å²) < 4.78 is 52.0. The molecule has 1 amide bonds. The number of rotatable bonds is 3. The van der Waals surface area contributed by atoms with E-state index in [1.54, 1.807) is 41.0 Å². The highest BCUT2D eigenvalue weighted by Crippen LogP contribution is 2.49. The van der Waals surface area contributed by atoms with Gasteiger partial charge in [0, 0.05) is 44.1 Å². The van der Waals surface area contributed by atoms with Gasteiger partial charge < -0.3 is 14.4 Å². The minimum atomic E-state index is -3.02. The van der Waals surface area contributed by atoms with Crippen LogP contribution < -0.4 is 9.47 Å². The molecule has 3 aromatic rings. The Morgan fingerprint density at radius 3 is 2.69 bits per heavy atom. The van der Waals surface area contributed by atoms with Gasteiger partial charge in [-0.3, -0.25) is 9.48 Å². The Morgan fingerprint density at radius 1 is 1.19 bits per heavy atom. The number of carbonyl (C=O) groups is 1. The molecule has 0 aliphatic carbocycles. The Kier molecular flexibility index (Phi) is 4.83. The highest BCUT2D eigenvalue weighted by Gasteiger charge is 2.46. The number of piperidine rings is 1. The quantitative estimate of drug-likeness (QED) is 0.604. The van der Waals surface area contributed by atoms with E-state index in [0.29, 0.717) is 37.2 Å². The monoisotopic (exact) mass is 443 g/mol. The predicted octanol–water partition coefficient (Wildman–Crippen LogP) is 4.35. The first-order valence-electron chi connectivity index (χ1n) is 10.2. The smallest absolute Gasteiger partial charge is 0.387 e. The number of para-hydroxylation sites is 1. The van der Waals surface area contributed by atoms with Gasteiger partial charge in [-0.1, -0.05) is 12.1 Å². The summed E-state index contributed by atoms with van der Waals surface area (Å²) in [6, 6.07) is 10.4. The topological polar surface area (TPSA) is 56.6 Å². The van der Waals surface area contributed by atoms with Crippen LogP contribution in [0.5, 0.6) is 11.5 Å². The second-order valence-corrected chi connectivity index (χ2v) is 7.93. The molecule has 0 radical (unpaired) electrons. The summed E-state index contributed by atoms with van der Waals surface area (Å²) in [7, 11) is 1.80. The third-order valence-electron chi connectivity index (χ3n) is 6.12. The number of ether oxygens (including phenoxy) is 2. The average molecular weight is 443 g/mol. The van der Waals surface area contributed by atoms with Gasteiger partial charge in [-0.05, 0) is 30.3 Å². The van der Waals surface area contributed by atoms with Gasteiger partial charge in [0.1, 0.15) is 22.9 Å². The molecule has 0 N–H and O–H groups in total. The van der Waals surface area contributed by atoms with E-state index in [2.05, 4.69) is 9.84 Å². The van der Waals surface area contributed by atoms with Crippen LogP contribution in [0.1, 0.15) is 28.8 Å². The fourth-order valence-electron chi connectivity index (χ4n) is 4.59. The average Bonchev–Trinajstić information content (AvgIpc) is 3.17. The first-order valence-corrected chi connectivity index (χ1v) is 10.2. The van der Waals surface area contributed by atoms with Crippen molar-refractivity contribution in [1.82, 2.24) is 14.7 Å². The van der Waals surface area contributed by atoms with Gasteiger partial charge in [-0.25, -0.2) is 4.39 Å². The molecule has 2 aliphatic heterocycles. The number of fused-ring (bicyclic) bond motifs is 4. The van der Waals surface area contributed by atoms with Gasteiger partial charge in [-0.2, -0.15) is 13.9 Å². The number of amides is 1. The number of benzene rings is 2. The van der Waals surface area contributed by atoms with E-state index < -0.39 is 12.2 Å². The van der Waals surface area contributed by atoms with Crippen LogP contribution in [0.25, 0.3) is 11.3 Å². The standard InChI is InChI=1S/C23H20F3N3O3/c1-28-20-16-12-14(24)6-7-19(16)32-23(17(20)13-27-28)8-10-29(11-9-23)21(30)15-4-2-3-5-18(15)31-22(25)26/h2-7,12-13,22H,8-11H2,1H3. The van der Waals surface area contributed by atoms with Gasteiger partial charge in [0.25, 0.3) is 5.91 Å². The summed E-state index contributed by atoms with van der Waals surface area (Å²) in [6.07, 6.45) is 2.69. The number of nitrogens with zero attached hydrogens (tertiary/aromatic N) is 3. The molecule has 1 saturated heterocycles. The molecule has 0 bridgehead atoms. The number of aromatic nitrogens is 2. The molecule has 2 aliphatic rings. The Labute approximate surface area is 182 Å². The summed E-state index contributed by atoms with van der Waals surface area (Å²) in [5.74, 6) is -0.313. The molecule has 5 rings (SSSR count). The Hall–Kier alpha value is -3.49. The van der Waals surface area contributed by atoms with Crippen LogP contribution in [-0.4, -0.2) is 40.3 Å². The Balaban J connectivity index is 1.41. The third kappa shape index (κ3) is 3.28. The highest BCUT2D eigenvalue weighted by atomic mass is 19.3. The zero-order valence-electron chi connectivity index (χ0n) is 17.2. The molecule has 32 heavy (non-hydrogen) atoms. The molecular weight excluding hydrogens is 423 g/mol. The van der Waals surface area contributed by atoms with E-state index in [9.17, 15) is 18.0 Å². The molecule has 0 atom stereocenters. The lowest BCUT2D eigenvalue weighted by Gasteiger charge is -2.44. The normalized spacial score (nSPS) is 16.5. The van der Waals surface area contributed by atoms with Crippen molar-refractivity contribution in [3.63, 3.8) is 0 Å². The SMILES string of the molecule is Cn1ncc2c1-c1cc(F)ccc1OC21CCN(C(=O)c2ccccc2OC(F)F)CC1. The number of alkyl halides is 2. The van der Waals surface area contributed by atoms with Gasteiger partial charge in [-0.15, -0.1) is 0 Å². The van der Waals surface area contributed by atoms with E-state index in [4.69, 9.17) is 4.74 Å². The zero-order valence-corrected chi connectivity index (χ0v) is 17.2. The lowest BCUT2D eigenvalue weighted by atomic mass is 9.81. The molecule has 1 aromatic heterocycles. The van der Waals surface area contributed by atoms with Gasteiger partial charge in [0.05, 0.1) is 17.5 Å². The van der Waals surface area contributed by atoms with Gasteiger partial charge >= 0.3 is 6.61 Å². The molecule has 9 heteroatoms. The zero-order chi connectivity index (χ0) is 22.5. The lowest BCUT2D eigenvalue weighted by Crippen LogP contribution is -2.49. The number of hydrogen-bond donors (Lipinski definition) is 0. The molecule has 1 fully saturated rings. The summed E-state index contributed by atoms with van der Waals surface area (Å²) in [6.45, 7) is -2.31. The molecule has 2 aromatic carbocycles. The predicted molar refractivity (Wildman–Crippen MR) is 109 cm³/mol. The van der Waals surface area contributed by atoms with Crippen LogP contribution in [0.3, 0.4) is 0 Å². The van der Waals surface area contributed by atoms with Crippen LogP contribution >= 0.6 is 0 Å². The molecule has 6 nitrogen and oxygen atoms in total. The highest BCUT2D eigenvalue weighted by molar-refractivity contribution is 5.97. The van der Waals surface area contributed by atoms with Crippen molar-refractivity contribution < 1.29 is 27.4 Å². The lowest BCUT2D eigenvalue weighted by molar-refractivity contribution is -0.0504. The fourth-order valence-corrected chi connectivity index (χ4v) is 4.59. The summed E-state index contributed by atoms with van der Waals surface area (Å²) in [5, 5.41) is 4.36. The second kappa shape index (κ2) is 7.58. The van der Waals surface area contributed by atoms with Crippen molar-refractivity contribution in [2.24, 2.45) is 7.05 Å². The number of likely N-dealkylation sites (tertiary alicyclic amines) is 1. The van der Waals surface area contributed by atoms with Crippen molar-refractivity contribution in [2.75, 3.05) is 13.1 Å². The van der Waals surface area contributed by atoms with E-state index in [1.807, 2.05) is 0 Å². The van der Waals surface area contributed by atoms with Gasteiger partial charge in [0.2, 0.25) is 0 Å². The van der Waals surface area contributed by atoms with Crippen molar-refractivity contribution in [2.45, 2.75) is 25.1 Å². The first-order chi connectivity index (χ1) is 15.4. The maximum atomic E-state index is 13.9. The number of aryl methyl sites for hydroxylation is 1. The van der Waals surface area contributed by atoms with E-state index in [0.717, 1.165) is 11.3 Å². The third-order valence-corrected chi connectivity index (χ3v) is 6.12. The molecule has 0 unspecified atom stereocenters. The van der Waals surface area contributed by atoms with Crippen molar-refractivity contribution in [1.29, 1.82) is 0 Å². The molecular formula is C23H20F3N3O3. The van der Waals surface area contributed by atoms with Crippen LogP contribution in [0.2, 0.25) is 0 Å². The van der Waals surface area contributed by atoms with Crippen molar-refractivity contribution in [3.05, 3.63) is 65.6 Å². The Bertz CT molecular complexity index is 1190. The van der Waals surface area contributed by atoms with E-state index >= 15 is 0 Å². The maximum absolute atomic E-state index is 13.9. The minimum absolute atomic E-state index is 0.0937. The van der Waals surface area contributed by atoms with Crippen LogP contribution in [0.15, 0.2) is 48.7 Å². The Morgan fingerprint density at radius 2 is 1.94 bits per heavy atom. The van der Waals surface area contributed by atoms with Crippen LogP contribution in [0, 0.1) is 5.82 Å². The van der Waals surface area contributed by atoms with E-state index in [1.165, 1.54) is 24.3 Å². The number of carbonyl (C=O) groups excluding carboxylic acids is 1. The van der Waals surface area contributed by atoms with E-state index in [-0.39, 0.29) is 23.0 Å². The molecule has 1 spiro atoms. The van der Waals surface area contributed by atoms with Crippen molar-refractivity contribution >= 4 is 5.91 Å². The summed E-state index contributed by atoms with van der Waals surface area (Å²) in [5.41, 5.74) is 1.68. The maximum Gasteiger partial charge on any atom is 0.387 e. The minimum Gasteiger partial charge on any atom is -0.482 e. The largest absolute Gasteiger partial charge is 0.482 e. The van der Waals surface area contributed by atoms with Crippen molar-refractivity contribution in [3.8, 4) is 22.8 Å². The summed E-state index contributed by atoms with van der Waals surface area (Å²) >= 11 is 0. The van der Waals surface area contributed by atoms with Crippen LogP contribution in [-0.2, 0) is 12.6 Å². The number of hydrogen-bond acceptors (Lipinski definition) is 4. The second-order valence-electron chi connectivity index (χ2n) is 7.93. The summed E-state index contributed by atoms with van der Waals surface area (Å²) in [4.78, 5) is 14.7. The fraction of sp³-hybridized carbons (Fsp3) is 0.304. The molecule has 3 heterocycles. The van der Waals surface area contributed by atoms with Gasteiger partial charge in [0.15, 0.2) is 0 Å². The first kappa shape index (κ1) is 20.4.